The van der Waals surface area contributed by atoms with Crippen molar-refractivity contribution in [3.8, 4) is 0 Å². The molecule has 198 valence electrons. The van der Waals surface area contributed by atoms with Crippen LogP contribution < -0.4 is 51.4 Å². The second kappa shape index (κ2) is 27.1. The summed E-state index contributed by atoms with van der Waals surface area (Å²) in [7, 11) is -4.37. The van der Waals surface area contributed by atoms with E-state index in [0.717, 1.165) is 19.3 Å². The number of hydrogen-bond acceptors (Lipinski definition) is 5. The molecule has 0 radical (unpaired) electrons. The summed E-state index contributed by atoms with van der Waals surface area (Å²) in [4.78, 5) is 11.0. The average Bonchev–Trinajstić information content (AvgIpc) is 2.73. The van der Waals surface area contributed by atoms with E-state index in [0.29, 0.717) is 6.42 Å². The van der Waals surface area contributed by atoms with Crippen LogP contribution in [0.5, 0.6) is 0 Å². The molecular formula is C27H53KO5S. The van der Waals surface area contributed by atoms with Crippen molar-refractivity contribution in [3.05, 3.63) is 0 Å². The maximum Gasteiger partial charge on any atom is 1.00 e. The van der Waals surface area contributed by atoms with E-state index >= 15 is 0 Å². The summed E-state index contributed by atoms with van der Waals surface area (Å²) in [6.07, 6.45) is 27.3. The third kappa shape index (κ3) is 31.0. The third-order valence-electron chi connectivity index (χ3n) is 6.35. The van der Waals surface area contributed by atoms with Crippen molar-refractivity contribution in [2.45, 2.75) is 161 Å². The number of hydrogen-bond donors (Lipinski definition) is 0. The smallest absolute Gasteiger partial charge is 0.748 e. The van der Waals surface area contributed by atoms with E-state index in [2.05, 4.69) is 6.92 Å². The van der Waals surface area contributed by atoms with Gasteiger partial charge in [-0.1, -0.05) is 135 Å². The molecule has 0 spiro atoms. The van der Waals surface area contributed by atoms with Gasteiger partial charge in [0.05, 0.1) is 15.9 Å². The summed E-state index contributed by atoms with van der Waals surface area (Å²) >= 11 is 0. The molecule has 0 aliphatic rings. The minimum absolute atomic E-state index is 0. The van der Waals surface area contributed by atoms with E-state index in [1.165, 1.54) is 122 Å². The quantitative estimate of drug-likeness (QED) is 0.0715. The number of rotatable bonds is 25. The van der Waals surface area contributed by atoms with Crippen molar-refractivity contribution in [2.24, 2.45) is 0 Å². The number of unbranched alkanes of at least 4 members (excludes halogenated alkanes) is 20. The van der Waals surface area contributed by atoms with E-state index in [-0.39, 0.29) is 51.4 Å². The predicted molar refractivity (Wildman–Crippen MR) is 137 cm³/mol. The predicted octanol–water partition coefficient (Wildman–Crippen LogP) is 5.07. The Morgan fingerprint density at radius 2 is 0.941 bits per heavy atom. The summed E-state index contributed by atoms with van der Waals surface area (Å²) in [5.74, 6) is -1.15. The van der Waals surface area contributed by atoms with E-state index in [1.807, 2.05) is 0 Å². The van der Waals surface area contributed by atoms with E-state index in [4.69, 9.17) is 4.74 Å². The zero-order valence-electron chi connectivity index (χ0n) is 22.8. The van der Waals surface area contributed by atoms with Crippen LogP contribution in [0.2, 0.25) is 0 Å². The SMILES string of the molecule is CCCCCCCCCCCCCCCCCCCCCCCC(CS(=O)(=O)[O-])OC(C)=O.[K+]. The van der Waals surface area contributed by atoms with Crippen LogP contribution in [-0.4, -0.2) is 30.8 Å². The molecule has 0 amide bonds. The molecule has 0 aliphatic heterocycles. The van der Waals surface area contributed by atoms with Gasteiger partial charge in [-0.25, -0.2) is 8.42 Å². The van der Waals surface area contributed by atoms with Gasteiger partial charge < -0.3 is 9.29 Å². The molecular weight excluding hydrogens is 475 g/mol. The number of esters is 1. The average molecular weight is 529 g/mol. The van der Waals surface area contributed by atoms with Gasteiger partial charge in [-0.2, -0.15) is 0 Å². The summed E-state index contributed by atoms with van der Waals surface area (Å²) in [5.41, 5.74) is 0. The Hall–Kier alpha value is 1.02. The molecule has 0 saturated heterocycles. The Balaban J connectivity index is 0. The Kier molecular flexibility index (Phi) is 29.6. The minimum atomic E-state index is -4.37. The maximum atomic E-state index is 11.0. The topological polar surface area (TPSA) is 83.5 Å². The van der Waals surface area contributed by atoms with Crippen LogP contribution in [0.4, 0.5) is 0 Å². The van der Waals surface area contributed by atoms with Crippen LogP contribution in [0.1, 0.15) is 155 Å². The normalized spacial score (nSPS) is 12.3. The van der Waals surface area contributed by atoms with Gasteiger partial charge in [-0.3, -0.25) is 4.79 Å². The van der Waals surface area contributed by atoms with Crippen LogP contribution in [0.25, 0.3) is 0 Å². The van der Waals surface area contributed by atoms with Crippen molar-refractivity contribution < 1.29 is 73.9 Å². The fourth-order valence-electron chi connectivity index (χ4n) is 4.44. The Morgan fingerprint density at radius 1 is 0.647 bits per heavy atom. The molecule has 5 nitrogen and oxygen atoms in total. The zero-order chi connectivity index (χ0) is 24.6. The Bertz CT molecular complexity index is 539. The number of ether oxygens (including phenoxy) is 1. The molecule has 0 bridgehead atoms. The molecule has 0 aliphatic carbocycles. The van der Waals surface area contributed by atoms with Gasteiger partial charge in [0.1, 0.15) is 6.10 Å². The maximum absolute atomic E-state index is 11.0. The van der Waals surface area contributed by atoms with Gasteiger partial charge in [0.2, 0.25) is 0 Å². The second-order valence-corrected chi connectivity index (χ2v) is 11.3. The van der Waals surface area contributed by atoms with Gasteiger partial charge in [0.25, 0.3) is 0 Å². The van der Waals surface area contributed by atoms with Crippen LogP contribution in [0.15, 0.2) is 0 Å². The number of carbonyl (C=O) groups excluding carboxylic acids is 1. The van der Waals surface area contributed by atoms with Gasteiger partial charge in [0.15, 0.2) is 0 Å². The number of carbonyl (C=O) groups is 1. The molecule has 1 unspecified atom stereocenters. The first kappa shape index (κ1) is 37.2. The Morgan fingerprint density at radius 3 is 1.21 bits per heavy atom. The van der Waals surface area contributed by atoms with Gasteiger partial charge >= 0.3 is 57.4 Å². The minimum Gasteiger partial charge on any atom is -0.748 e. The van der Waals surface area contributed by atoms with Crippen LogP contribution in [0.3, 0.4) is 0 Å². The first-order valence-electron chi connectivity index (χ1n) is 14.0. The molecule has 7 heteroatoms. The molecule has 0 aromatic carbocycles. The van der Waals surface area contributed by atoms with Crippen LogP contribution in [-0.2, 0) is 19.6 Å². The molecule has 0 heterocycles. The molecule has 34 heavy (non-hydrogen) atoms. The van der Waals surface area contributed by atoms with Crippen molar-refractivity contribution in [1.29, 1.82) is 0 Å². The van der Waals surface area contributed by atoms with E-state index < -0.39 is 27.9 Å². The summed E-state index contributed by atoms with van der Waals surface area (Å²) < 4.78 is 37.6. The van der Waals surface area contributed by atoms with E-state index in [1.54, 1.807) is 0 Å². The van der Waals surface area contributed by atoms with Gasteiger partial charge in [-0.05, 0) is 12.8 Å². The van der Waals surface area contributed by atoms with Gasteiger partial charge in [0, 0.05) is 6.92 Å². The molecule has 1 atom stereocenters. The Labute approximate surface area is 254 Å². The molecule has 0 saturated carbocycles. The van der Waals surface area contributed by atoms with Crippen LogP contribution >= 0.6 is 0 Å². The standard InChI is InChI=1S/C27H54O5S.K/c1-3-4-5-6-7-8-9-10-11-12-13-14-15-16-17-18-19-20-21-22-23-24-27(32-26(2)28)25-33(29,30)31;/h27H,3-25H2,1-2H3,(H,29,30,31);/q;+1/p-1. The van der Waals surface area contributed by atoms with Crippen molar-refractivity contribution >= 4 is 16.1 Å². The van der Waals surface area contributed by atoms with Crippen LogP contribution in [0, 0.1) is 0 Å². The molecule has 0 rings (SSSR count). The molecule has 0 N–H and O–H groups in total. The first-order valence-corrected chi connectivity index (χ1v) is 15.5. The molecule has 0 aromatic rings. The molecule has 0 aromatic heterocycles. The fourth-order valence-corrected chi connectivity index (χ4v) is 5.13. The van der Waals surface area contributed by atoms with E-state index in [9.17, 15) is 17.8 Å². The van der Waals surface area contributed by atoms with Crippen molar-refractivity contribution in [1.82, 2.24) is 0 Å². The fraction of sp³-hybridized carbons (Fsp3) is 0.963. The largest absolute Gasteiger partial charge is 1.00 e. The summed E-state index contributed by atoms with van der Waals surface area (Å²) in [6, 6.07) is 0. The molecule has 0 fully saturated rings. The van der Waals surface area contributed by atoms with Crippen molar-refractivity contribution in [3.63, 3.8) is 0 Å². The van der Waals surface area contributed by atoms with Crippen molar-refractivity contribution in [2.75, 3.05) is 5.75 Å². The second-order valence-electron chi connectivity index (χ2n) is 9.82. The third-order valence-corrected chi connectivity index (χ3v) is 7.13. The monoisotopic (exact) mass is 528 g/mol. The summed E-state index contributed by atoms with van der Waals surface area (Å²) in [6.45, 7) is 3.51. The van der Waals surface area contributed by atoms with Gasteiger partial charge in [-0.15, -0.1) is 0 Å². The summed E-state index contributed by atoms with van der Waals surface area (Å²) in [5, 5.41) is 0. The zero-order valence-corrected chi connectivity index (χ0v) is 26.7. The first-order chi connectivity index (χ1) is 15.8.